The number of alkyl halides is 5. The SMILES string of the molecule is Cc1nc(OCC(F)(F)F)cnc1C(=O)Nc1cc(F)c(F)c([C@]2(C)C[C@](C)(C(F)F)SC(N)=N2)c1. The number of ether oxygens (including phenoxy) is 1. The molecule has 1 aliphatic heterocycles. The number of nitrogens with two attached hydrogens (primary N) is 1. The summed E-state index contributed by atoms with van der Waals surface area (Å²) in [5.74, 6) is -4.15. The second-order valence-electron chi connectivity index (χ2n) is 8.44. The molecule has 36 heavy (non-hydrogen) atoms. The van der Waals surface area contributed by atoms with Crippen LogP contribution in [-0.4, -0.2) is 45.0 Å². The fourth-order valence-corrected chi connectivity index (χ4v) is 4.86. The van der Waals surface area contributed by atoms with E-state index in [0.29, 0.717) is 17.8 Å². The quantitative estimate of drug-likeness (QED) is 0.504. The van der Waals surface area contributed by atoms with Crippen LogP contribution in [0.1, 0.15) is 42.0 Å². The molecule has 2 atom stereocenters. The topological polar surface area (TPSA) is 102 Å². The number of anilines is 1. The number of aliphatic imine (C=N–C) groups is 1. The number of aryl methyl sites for hydroxylation is 1. The largest absolute Gasteiger partial charge is 0.467 e. The maximum Gasteiger partial charge on any atom is 0.422 e. The lowest BCUT2D eigenvalue weighted by Crippen LogP contribution is -2.44. The lowest BCUT2D eigenvalue weighted by molar-refractivity contribution is -0.154. The summed E-state index contributed by atoms with van der Waals surface area (Å²) in [4.78, 5) is 24.2. The molecule has 1 amide bonds. The first-order chi connectivity index (χ1) is 16.5. The van der Waals surface area contributed by atoms with E-state index in [2.05, 4.69) is 25.0 Å². The zero-order valence-electron chi connectivity index (χ0n) is 19.0. The number of nitrogens with one attached hydrogen (secondary N) is 1. The van der Waals surface area contributed by atoms with Gasteiger partial charge >= 0.3 is 6.18 Å². The average Bonchev–Trinajstić information content (AvgIpc) is 2.73. The fourth-order valence-electron chi connectivity index (χ4n) is 3.69. The number of benzene rings is 1. The van der Waals surface area contributed by atoms with Crippen molar-refractivity contribution in [3.8, 4) is 5.88 Å². The molecule has 1 aromatic heterocycles. The van der Waals surface area contributed by atoms with Crippen molar-refractivity contribution >= 4 is 28.5 Å². The summed E-state index contributed by atoms with van der Waals surface area (Å²) < 4.78 is 96.3. The first-order valence-electron chi connectivity index (χ1n) is 10.2. The minimum absolute atomic E-state index is 0.101. The second kappa shape index (κ2) is 9.75. The van der Waals surface area contributed by atoms with E-state index in [1.807, 2.05) is 0 Å². The third kappa shape index (κ3) is 5.99. The summed E-state index contributed by atoms with van der Waals surface area (Å²) in [5.41, 5.74) is 2.96. The van der Waals surface area contributed by atoms with Gasteiger partial charge in [0.2, 0.25) is 5.88 Å². The number of halogens is 7. The van der Waals surface area contributed by atoms with Crippen molar-refractivity contribution in [2.45, 2.75) is 50.1 Å². The highest BCUT2D eigenvalue weighted by molar-refractivity contribution is 8.15. The molecular formula is C21H20F7N5O2S. The molecule has 2 aromatic rings. The number of carbonyl (C=O) groups excluding carboxylic acids is 1. The Morgan fingerprint density at radius 1 is 1.28 bits per heavy atom. The van der Waals surface area contributed by atoms with Crippen LogP contribution in [0.2, 0.25) is 0 Å². The van der Waals surface area contributed by atoms with E-state index in [1.165, 1.54) is 20.8 Å². The fraction of sp³-hybridized carbons (Fsp3) is 0.429. The Balaban J connectivity index is 1.90. The Labute approximate surface area is 204 Å². The molecule has 2 heterocycles. The van der Waals surface area contributed by atoms with Gasteiger partial charge in [-0.05, 0) is 33.3 Å². The number of hydrogen-bond acceptors (Lipinski definition) is 7. The summed E-state index contributed by atoms with van der Waals surface area (Å²) in [7, 11) is 0. The Hall–Kier alpha value is -3.10. The van der Waals surface area contributed by atoms with Crippen LogP contribution < -0.4 is 15.8 Å². The average molecular weight is 539 g/mol. The maximum absolute atomic E-state index is 14.8. The highest BCUT2D eigenvalue weighted by Crippen LogP contribution is 2.49. The first-order valence-corrected chi connectivity index (χ1v) is 11.0. The lowest BCUT2D eigenvalue weighted by atomic mass is 9.82. The number of carbonyl (C=O) groups is 1. The van der Waals surface area contributed by atoms with Gasteiger partial charge in [-0.2, -0.15) is 13.2 Å². The van der Waals surface area contributed by atoms with E-state index in [4.69, 9.17) is 5.73 Å². The third-order valence-corrected chi connectivity index (χ3v) is 6.33. The van der Waals surface area contributed by atoms with Crippen molar-refractivity contribution in [2.24, 2.45) is 10.7 Å². The molecule has 0 fully saturated rings. The smallest absolute Gasteiger partial charge is 0.422 e. The Kier molecular flexibility index (Phi) is 7.44. The molecule has 0 spiro atoms. The molecule has 15 heteroatoms. The number of rotatable bonds is 6. The second-order valence-corrected chi connectivity index (χ2v) is 9.99. The summed E-state index contributed by atoms with van der Waals surface area (Å²) in [6.45, 7) is 2.21. The van der Waals surface area contributed by atoms with Crippen LogP contribution >= 0.6 is 11.8 Å². The molecule has 1 aromatic carbocycles. The lowest BCUT2D eigenvalue weighted by Gasteiger charge is -2.40. The zero-order valence-corrected chi connectivity index (χ0v) is 19.8. The van der Waals surface area contributed by atoms with Gasteiger partial charge in [-0.3, -0.25) is 9.79 Å². The van der Waals surface area contributed by atoms with Gasteiger partial charge in [0.25, 0.3) is 12.3 Å². The molecule has 0 aliphatic carbocycles. The molecule has 0 unspecified atom stereocenters. The number of amidine groups is 1. The van der Waals surface area contributed by atoms with Gasteiger partial charge in [-0.15, -0.1) is 0 Å². The minimum atomic E-state index is -4.61. The molecule has 0 saturated heterocycles. The zero-order chi connectivity index (χ0) is 27.1. The van der Waals surface area contributed by atoms with Crippen molar-refractivity contribution in [3.63, 3.8) is 0 Å². The van der Waals surface area contributed by atoms with Gasteiger partial charge < -0.3 is 15.8 Å². The van der Waals surface area contributed by atoms with Crippen LogP contribution in [0.15, 0.2) is 23.3 Å². The molecule has 0 radical (unpaired) electrons. The molecule has 0 bridgehead atoms. The van der Waals surface area contributed by atoms with E-state index in [1.54, 1.807) is 0 Å². The molecular weight excluding hydrogens is 519 g/mol. The molecule has 0 saturated carbocycles. The van der Waals surface area contributed by atoms with Gasteiger partial charge in [0.15, 0.2) is 23.4 Å². The number of amides is 1. The number of aromatic nitrogens is 2. The predicted octanol–water partition coefficient (Wildman–Crippen LogP) is 4.95. The normalized spacial score (nSPS) is 22.4. The molecule has 3 N–H and O–H groups in total. The molecule has 3 rings (SSSR count). The van der Waals surface area contributed by atoms with Gasteiger partial charge in [0.05, 0.1) is 22.2 Å². The minimum Gasteiger partial charge on any atom is -0.467 e. The summed E-state index contributed by atoms with van der Waals surface area (Å²) in [6, 6.07) is 1.71. The Bertz CT molecular complexity index is 1210. The molecule has 1 aliphatic rings. The van der Waals surface area contributed by atoms with Crippen LogP contribution in [0, 0.1) is 18.6 Å². The summed E-state index contributed by atoms with van der Waals surface area (Å²) in [5, 5.41) is 2.06. The highest BCUT2D eigenvalue weighted by Gasteiger charge is 2.48. The van der Waals surface area contributed by atoms with Gasteiger partial charge in [-0.1, -0.05) is 11.8 Å². The first kappa shape index (κ1) is 27.5. The number of hydrogen-bond donors (Lipinski definition) is 2. The van der Waals surface area contributed by atoms with Crippen molar-refractivity contribution in [1.29, 1.82) is 0 Å². The van der Waals surface area contributed by atoms with Gasteiger partial charge in [0.1, 0.15) is 5.69 Å². The van der Waals surface area contributed by atoms with Gasteiger partial charge in [0, 0.05) is 17.3 Å². The van der Waals surface area contributed by atoms with Crippen LogP contribution in [0.3, 0.4) is 0 Å². The monoisotopic (exact) mass is 539 g/mol. The number of nitrogens with zero attached hydrogens (tertiary/aromatic N) is 3. The molecule has 7 nitrogen and oxygen atoms in total. The van der Waals surface area contributed by atoms with Crippen LogP contribution in [0.4, 0.5) is 36.4 Å². The van der Waals surface area contributed by atoms with E-state index in [0.717, 1.165) is 12.3 Å². The standard InChI is InChI=1S/C21H20F7N5O2S/c1-9-15(30-6-13(31-9)35-8-21(26,27)28)16(34)32-10-4-11(14(23)12(22)5-10)19(2)7-20(3,17(24)25)36-18(29)33-19/h4-6,17H,7-8H2,1-3H3,(H2,29,33)(H,32,34)/t19-,20+/m0/s1. The maximum atomic E-state index is 14.8. The van der Waals surface area contributed by atoms with Crippen molar-refractivity contribution in [3.05, 3.63) is 46.9 Å². The van der Waals surface area contributed by atoms with Gasteiger partial charge in [-0.25, -0.2) is 27.5 Å². The van der Waals surface area contributed by atoms with Crippen LogP contribution in [0.25, 0.3) is 0 Å². The Morgan fingerprint density at radius 2 is 1.94 bits per heavy atom. The Morgan fingerprint density at radius 3 is 2.53 bits per heavy atom. The van der Waals surface area contributed by atoms with Crippen molar-refractivity contribution in [2.75, 3.05) is 11.9 Å². The molecule has 196 valence electrons. The van der Waals surface area contributed by atoms with Crippen LogP contribution in [-0.2, 0) is 5.54 Å². The van der Waals surface area contributed by atoms with E-state index in [-0.39, 0.29) is 28.7 Å². The predicted molar refractivity (Wildman–Crippen MR) is 118 cm³/mol. The van der Waals surface area contributed by atoms with E-state index in [9.17, 15) is 35.5 Å². The van der Waals surface area contributed by atoms with E-state index >= 15 is 0 Å². The van der Waals surface area contributed by atoms with Crippen molar-refractivity contribution < 1.29 is 40.3 Å². The third-order valence-electron chi connectivity index (χ3n) is 5.24. The van der Waals surface area contributed by atoms with E-state index < -0.39 is 58.5 Å². The summed E-state index contributed by atoms with van der Waals surface area (Å²) in [6.07, 6.45) is -7.05. The highest BCUT2D eigenvalue weighted by atomic mass is 32.2. The summed E-state index contributed by atoms with van der Waals surface area (Å²) >= 11 is 0.627. The number of thioether (sulfide) groups is 1. The van der Waals surface area contributed by atoms with Crippen LogP contribution in [0.5, 0.6) is 5.88 Å². The van der Waals surface area contributed by atoms with Crippen molar-refractivity contribution in [1.82, 2.24) is 9.97 Å².